The molecule has 11 heteroatoms. The summed E-state index contributed by atoms with van der Waals surface area (Å²) in [7, 11) is -4.96. The van der Waals surface area contributed by atoms with Crippen LogP contribution in [-0.2, 0) is 16.7 Å². The molecule has 1 atom stereocenters. The van der Waals surface area contributed by atoms with Crippen LogP contribution in [0.25, 0.3) is 0 Å². The van der Waals surface area contributed by atoms with Gasteiger partial charge in [0.1, 0.15) is 0 Å². The number of carbonyl (C=O) groups excluding carboxylic acids is 1. The molecular weight excluding hydrogens is 447 g/mol. The summed E-state index contributed by atoms with van der Waals surface area (Å²) in [6.07, 6.45) is 0.814. The summed E-state index contributed by atoms with van der Waals surface area (Å²) in [6, 6.07) is 0.548. The van der Waals surface area contributed by atoms with Crippen LogP contribution >= 0.6 is 24.1 Å². The normalized spacial score (nSPS) is 13.8. The molecule has 0 aliphatic heterocycles. The van der Waals surface area contributed by atoms with E-state index >= 15 is 0 Å². The Hall–Kier alpha value is 0.144. The summed E-state index contributed by atoms with van der Waals surface area (Å²) in [6.45, 7) is 18.1. The number of hydrogen-bond acceptors (Lipinski definition) is 8. The van der Waals surface area contributed by atoms with Crippen LogP contribution in [0.1, 0.15) is 34.1 Å². The highest BCUT2D eigenvalue weighted by atomic mass is 32.2. The second kappa shape index (κ2) is 14.3. The molecule has 0 aromatic rings. The van der Waals surface area contributed by atoms with Crippen LogP contribution in [0.3, 0.4) is 0 Å². The molecule has 0 radical (unpaired) electrons. The van der Waals surface area contributed by atoms with E-state index in [1.807, 2.05) is 0 Å². The average Bonchev–Trinajstić information content (AvgIpc) is 2.61. The molecule has 29 heavy (non-hydrogen) atoms. The first kappa shape index (κ1) is 29.1. The summed E-state index contributed by atoms with van der Waals surface area (Å²) in [5.41, 5.74) is 0. The largest absolute Gasteiger partial charge is 0.513 e. The van der Waals surface area contributed by atoms with E-state index in [4.69, 9.17) is 17.0 Å². The molecule has 2 N–H and O–H groups in total. The van der Waals surface area contributed by atoms with Crippen molar-refractivity contribution >= 4 is 47.1 Å². The van der Waals surface area contributed by atoms with Gasteiger partial charge in [-0.25, -0.2) is 0 Å². The molecule has 0 aliphatic carbocycles. The van der Waals surface area contributed by atoms with E-state index in [1.54, 1.807) is 0 Å². The Morgan fingerprint density at radius 2 is 1.66 bits per heavy atom. The summed E-state index contributed by atoms with van der Waals surface area (Å²) < 4.78 is 18.9. The van der Waals surface area contributed by atoms with Crippen molar-refractivity contribution in [3.05, 3.63) is 12.7 Å². The zero-order valence-electron chi connectivity index (χ0n) is 18.8. The molecule has 0 aliphatic rings. The minimum absolute atomic E-state index is 0.0496. The van der Waals surface area contributed by atoms with Crippen LogP contribution in [-0.4, -0.2) is 74.4 Å². The molecule has 0 aromatic carbocycles. The Balaban J connectivity index is 5.35. The van der Waals surface area contributed by atoms with Gasteiger partial charge in [-0.1, -0.05) is 34.3 Å². The van der Waals surface area contributed by atoms with Crippen LogP contribution in [0.15, 0.2) is 12.7 Å². The zero-order chi connectivity index (χ0) is 22.7. The van der Waals surface area contributed by atoms with Crippen molar-refractivity contribution < 1.29 is 26.9 Å². The number of carbonyl (C=O) groups is 1. The van der Waals surface area contributed by atoms with Gasteiger partial charge in [-0.05, 0) is 56.2 Å². The first-order valence-corrected chi connectivity index (χ1v) is 16.9. The van der Waals surface area contributed by atoms with E-state index in [1.165, 1.54) is 35.1 Å². The lowest BCUT2D eigenvalue weighted by Crippen LogP contribution is -2.50. The molecular formula is C18H39NO6S2Si2. The van der Waals surface area contributed by atoms with Gasteiger partial charge >= 0.3 is 8.80 Å². The van der Waals surface area contributed by atoms with Crippen molar-refractivity contribution in [1.82, 2.24) is 4.90 Å². The molecule has 0 rings (SSSR count). The monoisotopic (exact) mass is 485 g/mol. The minimum atomic E-state index is -3.00. The van der Waals surface area contributed by atoms with E-state index in [-0.39, 0.29) is 23.0 Å². The molecule has 1 amide bonds. The van der Waals surface area contributed by atoms with E-state index in [9.17, 15) is 9.90 Å². The van der Waals surface area contributed by atoms with Gasteiger partial charge in [0.25, 0.3) is 0 Å². The van der Waals surface area contributed by atoms with E-state index in [0.29, 0.717) is 19.0 Å². The Morgan fingerprint density at radius 3 is 2.03 bits per heavy atom. The third kappa shape index (κ3) is 13.9. The molecule has 172 valence electrons. The predicted octanol–water partition coefficient (Wildman–Crippen LogP) is 3.68. The van der Waals surface area contributed by atoms with Crippen molar-refractivity contribution in [2.24, 2.45) is 0 Å². The lowest BCUT2D eigenvalue weighted by atomic mass is 10.3. The lowest BCUT2D eigenvalue weighted by molar-refractivity contribution is -0.127. The highest BCUT2D eigenvalue weighted by Crippen LogP contribution is 2.33. The van der Waals surface area contributed by atoms with Crippen molar-refractivity contribution in [2.75, 3.05) is 19.7 Å². The molecule has 1 unspecified atom stereocenters. The molecule has 0 heterocycles. The van der Waals surface area contributed by atoms with Gasteiger partial charge in [0.2, 0.25) is 5.91 Å². The third-order valence-corrected chi connectivity index (χ3v) is 11.5. The molecule has 0 bridgehead atoms. The molecule has 0 fully saturated rings. The Kier molecular flexibility index (Phi) is 14.3. The van der Waals surface area contributed by atoms with Gasteiger partial charge in [-0.3, -0.25) is 4.79 Å². The second-order valence-corrected chi connectivity index (χ2v) is 18.8. The summed E-state index contributed by atoms with van der Waals surface area (Å²) in [4.78, 5) is 13.6. The number of aliphatic hydroxyl groups excluding tert-OH is 2. The molecule has 0 aromatic heterocycles. The smallest absolute Gasteiger partial charge is 0.415 e. The maximum atomic E-state index is 12.1. The van der Waals surface area contributed by atoms with Crippen LogP contribution < -0.4 is 0 Å². The highest BCUT2D eigenvalue weighted by molar-refractivity contribution is 7.97. The quantitative estimate of drug-likeness (QED) is 0.194. The molecule has 0 spiro atoms. The van der Waals surface area contributed by atoms with Gasteiger partial charge < -0.3 is 27.0 Å². The molecule has 0 saturated heterocycles. The Labute approximate surface area is 187 Å². The van der Waals surface area contributed by atoms with Gasteiger partial charge in [0.05, 0.1) is 12.7 Å². The van der Waals surface area contributed by atoms with Crippen molar-refractivity contribution in [1.29, 1.82) is 0 Å². The zero-order valence-corrected chi connectivity index (χ0v) is 22.5. The molecule has 7 nitrogen and oxygen atoms in total. The van der Waals surface area contributed by atoms with Crippen molar-refractivity contribution in [3.8, 4) is 0 Å². The Bertz CT molecular complexity index is 479. The van der Waals surface area contributed by atoms with Crippen LogP contribution in [0.4, 0.5) is 0 Å². The van der Waals surface area contributed by atoms with E-state index < -0.39 is 29.8 Å². The number of aliphatic hydroxyl groups is 2. The van der Waals surface area contributed by atoms with Crippen molar-refractivity contribution in [3.63, 3.8) is 0 Å². The van der Waals surface area contributed by atoms with Gasteiger partial charge in [-0.2, -0.15) is 0 Å². The average molecular weight is 486 g/mol. The second-order valence-electron chi connectivity index (χ2n) is 8.28. The summed E-state index contributed by atoms with van der Waals surface area (Å²) >= 11 is 2.73. The van der Waals surface area contributed by atoms with Gasteiger partial charge in [0.15, 0.2) is 8.32 Å². The maximum Gasteiger partial charge on any atom is 0.513 e. The topological polar surface area (TPSA) is 88.5 Å². The van der Waals surface area contributed by atoms with E-state index in [0.717, 1.165) is 0 Å². The predicted molar refractivity (Wildman–Crippen MR) is 127 cm³/mol. The first-order valence-electron chi connectivity index (χ1n) is 9.93. The minimum Gasteiger partial charge on any atom is -0.415 e. The van der Waals surface area contributed by atoms with E-state index in [2.05, 4.69) is 53.9 Å². The van der Waals surface area contributed by atoms with Crippen LogP contribution in [0.5, 0.6) is 0 Å². The van der Waals surface area contributed by atoms with Gasteiger partial charge in [0, 0.05) is 29.6 Å². The van der Waals surface area contributed by atoms with Gasteiger partial charge in [-0.15, -0.1) is 0 Å². The number of rotatable bonds is 16. The molecule has 0 saturated carbocycles. The van der Waals surface area contributed by atoms with Crippen molar-refractivity contribution in [2.45, 2.75) is 76.4 Å². The highest BCUT2D eigenvalue weighted by Gasteiger charge is 2.46. The maximum absolute atomic E-state index is 12.1. The standard InChI is InChI=1S/C18H39NO6S2Si2/c1-9-18(22)19(13-17(21)14-20)11-10-12-29(23-26-15(2)3,24-27-16(4)5)25-28(6,7)8/h9,15-17,20-21H,1,10-14H2,2-8H3. The number of amides is 1. The van der Waals surface area contributed by atoms with Crippen LogP contribution in [0, 0.1) is 0 Å². The third-order valence-electron chi connectivity index (χ3n) is 3.24. The summed E-state index contributed by atoms with van der Waals surface area (Å²) in [5, 5.41) is 19.4. The first-order chi connectivity index (χ1) is 13.3. The Morgan fingerprint density at radius 1 is 1.14 bits per heavy atom. The fraction of sp³-hybridized carbons (Fsp3) is 0.833. The number of hydrogen-bond donors (Lipinski definition) is 2. The fourth-order valence-electron chi connectivity index (χ4n) is 2.21. The SMILES string of the molecule is C=CC(=O)N(CCC[Si](OSC(C)C)(OSC(C)C)O[Si](C)(C)C)CC(O)CO. The number of nitrogens with zero attached hydrogens (tertiary/aromatic N) is 1. The summed E-state index contributed by atoms with van der Waals surface area (Å²) in [5.74, 6) is -0.286. The lowest BCUT2D eigenvalue weighted by Gasteiger charge is -2.35. The van der Waals surface area contributed by atoms with Crippen LogP contribution in [0.2, 0.25) is 25.7 Å². The fourth-order valence-corrected chi connectivity index (χ4v) is 11.6.